The topological polar surface area (TPSA) is 75.7 Å². The summed E-state index contributed by atoms with van der Waals surface area (Å²) in [6.45, 7) is 0. The maximum atomic E-state index is 11.8. The molecule has 0 aliphatic heterocycles. The zero-order chi connectivity index (χ0) is 13.0. The van der Waals surface area contributed by atoms with Gasteiger partial charge in [-0.2, -0.15) is 4.74 Å². The molecule has 1 aromatic carbocycles. The minimum Gasteiger partial charge on any atom is -0.623 e. The molecule has 0 saturated heterocycles. The van der Waals surface area contributed by atoms with Crippen molar-refractivity contribution < 1.29 is 14.7 Å². The summed E-state index contributed by atoms with van der Waals surface area (Å²) >= 11 is 0. The average Bonchev–Trinajstić information content (AvgIpc) is 2.88. The van der Waals surface area contributed by atoms with Crippen LogP contribution in [0.15, 0.2) is 35.5 Å². The van der Waals surface area contributed by atoms with Gasteiger partial charge in [-0.15, -0.1) is 0 Å². The third-order valence-corrected chi connectivity index (χ3v) is 3.03. The third-order valence-electron chi connectivity index (χ3n) is 3.03. The molecule has 5 heteroatoms. The highest BCUT2D eigenvalue weighted by Crippen LogP contribution is 2.18. The van der Waals surface area contributed by atoms with Crippen LogP contribution in [0.5, 0.6) is 0 Å². The predicted octanol–water partition coefficient (Wildman–Crippen LogP) is 1.83. The number of rotatable bonds is 3. The van der Waals surface area contributed by atoms with Gasteiger partial charge in [-0.25, -0.2) is 0 Å². The Morgan fingerprint density at radius 1 is 1.44 bits per heavy atom. The Hall–Kier alpha value is -2.17. The van der Waals surface area contributed by atoms with Gasteiger partial charge in [-0.05, 0) is 12.8 Å². The predicted molar refractivity (Wildman–Crippen MR) is 67.3 cm³/mol. The van der Waals surface area contributed by atoms with Gasteiger partial charge in [0.15, 0.2) is 0 Å². The second-order valence-corrected chi connectivity index (χ2v) is 4.22. The Morgan fingerprint density at radius 3 is 2.83 bits per heavy atom. The van der Waals surface area contributed by atoms with Crippen molar-refractivity contribution in [2.45, 2.75) is 25.3 Å². The number of ketones is 1. The van der Waals surface area contributed by atoms with E-state index in [0.29, 0.717) is 28.9 Å². The first-order valence-electron chi connectivity index (χ1n) is 5.83. The number of Topliss-reactive ketones (excluding diaryl/α,β-unsaturated/α-hetero) is 1. The number of oxime groups is 1. The van der Waals surface area contributed by atoms with Crippen molar-refractivity contribution in [3.63, 3.8) is 0 Å². The molecule has 1 unspecified atom stereocenters. The van der Waals surface area contributed by atoms with Crippen molar-refractivity contribution in [1.29, 1.82) is 0 Å². The molecule has 1 N–H and O–H groups in total. The van der Waals surface area contributed by atoms with Crippen LogP contribution in [0, 0.1) is 5.21 Å². The summed E-state index contributed by atoms with van der Waals surface area (Å²) in [5.41, 5.74) is 0.918. The van der Waals surface area contributed by atoms with Gasteiger partial charge in [0.25, 0.3) is 0 Å². The summed E-state index contributed by atoms with van der Waals surface area (Å²) < 4.78 is 0.595. The van der Waals surface area contributed by atoms with E-state index < -0.39 is 6.04 Å². The van der Waals surface area contributed by atoms with Crippen molar-refractivity contribution in [2.24, 2.45) is 5.16 Å². The van der Waals surface area contributed by atoms with E-state index in [1.54, 1.807) is 30.3 Å². The molecule has 2 rings (SSSR count). The van der Waals surface area contributed by atoms with E-state index in [0.717, 1.165) is 12.6 Å². The fourth-order valence-electron chi connectivity index (χ4n) is 2.08. The number of benzene rings is 1. The molecule has 0 radical (unpaired) electrons. The number of nitrogens with zero attached hydrogens (tertiary/aromatic N) is 2. The smallest absolute Gasteiger partial charge is 0.249 e. The maximum absolute atomic E-state index is 11.8. The van der Waals surface area contributed by atoms with Gasteiger partial charge in [-0.1, -0.05) is 35.5 Å². The molecule has 0 amide bonds. The van der Waals surface area contributed by atoms with Crippen molar-refractivity contribution in [1.82, 2.24) is 0 Å². The number of hydrogen-bond acceptors (Lipinski definition) is 4. The van der Waals surface area contributed by atoms with Gasteiger partial charge in [0.2, 0.25) is 18.0 Å². The molecular formula is C13H14N2O3. The second-order valence-electron chi connectivity index (χ2n) is 4.22. The van der Waals surface area contributed by atoms with E-state index in [1.807, 2.05) is 0 Å². The first kappa shape index (κ1) is 12.3. The summed E-state index contributed by atoms with van der Waals surface area (Å²) in [5.74, 6) is -0.338. The van der Waals surface area contributed by atoms with Crippen LogP contribution < -0.4 is 0 Å². The SMILES string of the molecule is O=C(C=[N+]([O-])C1CCCC1=NO)c1ccccc1. The number of carbonyl (C=O) groups is 1. The largest absolute Gasteiger partial charge is 0.623 e. The number of carbonyl (C=O) groups excluding carboxylic acids is 1. The monoisotopic (exact) mass is 246 g/mol. The lowest BCUT2D eigenvalue weighted by Crippen LogP contribution is -2.28. The minimum atomic E-state index is -0.511. The molecule has 1 aromatic rings. The molecule has 5 nitrogen and oxygen atoms in total. The lowest BCUT2D eigenvalue weighted by molar-refractivity contribution is -0.474. The summed E-state index contributed by atoms with van der Waals surface area (Å²) in [4.78, 5) is 11.8. The molecule has 94 valence electrons. The first-order chi connectivity index (χ1) is 8.72. The summed E-state index contributed by atoms with van der Waals surface area (Å²) in [6.07, 6.45) is 3.04. The van der Waals surface area contributed by atoms with E-state index in [-0.39, 0.29) is 5.78 Å². The number of hydrogen-bond donors (Lipinski definition) is 1. The molecular weight excluding hydrogens is 232 g/mol. The van der Waals surface area contributed by atoms with Crippen LogP contribution in [-0.4, -0.2) is 33.7 Å². The van der Waals surface area contributed by atoms with Crippen LogP contribution >= 0.6 is 0 Å². The van der Waals surface area contributed by atoms with Gasteiger partial charge in [-0.3, -0.25) is 4.79 Å². The summed E-state index contributed by atoms with van der Waals surface area (Å²) in [6, 6.07) is 8.09. The zero-order valence-electron chi connectivity index (χ0n) is 9.82. The normalized spacial score (nSPS) is 22.3. The van der Waals surface area contributed by atoms with E-state index >= 15 is 0 Å². The second kappa shape index (κ2) is 5.44. The molecule has 0 heterocycles. The Morgan fingerprint density at radius 2 is 2.17 bits per heavy atom. The third kappa shape index (κ3) is 2.56. The van der Waals surface area contributed by atoms with Gasteiger partial charge in [0.05, 0.1) is 0 Å². The molecule has 1 saturated carbocycles. The quantitative estimate of drug-likeness (QED) is 0.221. The van der Waals surface area contributed by atoms with E-state index in [9.17, 15) is 10.0 Å². The van der Waals surface area contributed by atoms with Crippen LogP contribution in [-0.2, 0) is 0 Å². The molecule has 0 aromatic heterocycles. The Labute approximate surface area is 105 Å². The molecule has 1 aliphatic carbocycles. The van der Waals surface area contributed by atoms with E-state index in [4.69, 9.17) is 5.21 Å². The highest BCUT2D eigenvalue weighted by atomic mass is 16.5. The minimum absolute atomic E-state index is 0.338. The Kier molecular flexibility index (Phi) is 3.72. The number of hydroxylamine groups is 1. The Balaban J connectivity index is 2.16. The Bertz CT molecular complexity index is 494. The van der Waals surface area contributed by atoms with Gasteiger partial charge in [0, 0.05) is 12.0 Å². The van der Waals surface area contributed by atoms with Crippen LogP contribution in [0.3, 0.4) is 0 Å². The van der Waals surface area contributed by atoms with Gasteiger partial charge < -0.3 is 10.4 Å². The van der Waals surface area contributed by atoms with Crippen LogP contribution in [0.2, 0.25) is 0 Å². The molecule has 0 bridgehead atoms. The van der Waals surface area contributed by atoms with Crippen molar-refractivity contribution >= 4 is 17.7 Å². The fraction of sp³-hybridized carbons (Fsp3) is 0.308. The summed E-state index contributed by atoms with van der Waals surface area (Å²) in [7, 11) is 0. The highest BCUT2D eigenvalue weighted by Gasteiger charge is 2.30. The van der Waals surface area contributed by atoms with Crippen LogP contribution in [0.25, 0.3) is 0 Å². The maximum Gasteiger partial charge on any atom is 0.249 e. The lowest BCUT2D eigenvalue weighted by atomic mass is 10.1. The molecule has 1 atom stereocenters. The molecule has 0 spiro atoms. The zero-order valence-corrected chi connectivity index (χ0v) is 9.82. The van der Waals surface area contributed by atoms with E-state index in [2.05, 4.69) is 5.16 Å². The molecule has 18 heavy (non-hydrogen) atoms. The highest BCUT2D eigenvalue weighted by molar-refractivity contribution is 6.33. The van der Waals surface area contributed by atoms with Crippen molar-refractivity contribution in [2.75, 3.05) is 0 Å². The van der Waals surface area contributed by atoms with Crippen molar-refractivity contribution in [3.05, 3.63) is 41.1 Å². The van der Waals surface area contributed by atoms with Crippen LogP contribution in [0.4, 0.5) is 0 Å². The lowest BCUT2D eigenvalue weighted by Gasteiger charge is -2.10. The van der Waals surface area contributed by atoms with Gasteiger partial charge in [0.1, 0.15) is 5.71 Å². The standard InChI is InChI=1S/C13H14N2O3/c16-13(10-5-2-1-3-6-10)9-15(18)12-8-4-7-11(12)14-17/h1-3,5-6,9,12,17H,4,7-8H2. The fourth-order valence-corrected chi connectivity index (χ4v) is 2.08. The van der Waals surface area contributed by atoms with Crippen molar-refractivity contribution in [3.8, 4) is 0 Å². The average molecular weight is 246 g/mol. The molecule has 1 fully saturated rings. The van der Waals surface area contributed by atoms with Gasteiger partial charge >= 0.3 is 0 Å². The summed E-state index contributed by atoms with van der Waals surface area (Å²) in [5, 5.41) is 23.7. The van der Waals surface area contributed by atoms with E-state index in [1.165, 1.54) is 0 Å². The molecule has 1 aliphatic rings. The first-order valence-corrected chi connectivity index (χ1v) is 5.83. The van der Waals surface area contributed by atoms with Crippen LogP contribution in [0.1, 0.15) is 29.6 Å².